The molecule has 0 aliphatic rings. The van der Waals surface area contributed by atoms with Gasteiger partial charge in [-0.3, -0.25) is 18.9 Å². The van der Waals surface area contributed by atoms with Crippen molar-refractivity contribution in [2.24, 2.45) is 5.92 Å². The van der Waals surface area contributed by atoms with Gasteiger partial charge in [-0.2, -0.15) is 0 Å². The van der Waals surface area contributed by atoms with E-state index < -0.39 is 44.2 Å². The molecule has 0 rings (SSSR count). The monoisotopic (exact) mass is 367 g/mol. The molecule has 11 heteroatoms. The Kier molecular flexibility index (Phi) is 9.76. The number of carbonyl (C=O) groups is 3. The molecule has 2 amide bonds. The van der Waals surface area contributed by atoms with Crippen LogP contribution in [0.1, 0.15) is 34.1 Å². The quantitative estimate of drug-likeness (QED) is 0.315. The van der Waals surface area contributed by atoms with E-state index in [1.165, 1.54) is 13.8 Å². The Morgan fingerprint density at radius 1 is 1.17 bits per heavy atom. The molecular weight excluding hydrogens is 341 g/mol. The topological polar surface area (TPSA) is 154 Å². The summed E-state index contributed by atoms with van der Waals surface area (Å²) in [5, 5.41) is 15.3. The van der Waals surface area contributed by atoms with Gasteiger partial charge in [0, 0.05) is 0 Å². The summed E-state index contributed by atoms with van der Waals surface area (Å²) in [7, 11) is -4.14. The normalized spacial score (nSPS) is 16.1. The van der Waals surface area contributed by atoms with Gasteiger partial charge in [-0.25, -0.2) is 9.65 Å². The van der Waals surface area contributed by atoms with Crippen LogP contribution in [0.3, 0.4) is 0 Å². The van der Waals surface area contributed by atoms with Crippen LogP contribution >= 0.6 is 7.75 Å². The molecule has 140 valence electrons. The highest BCUT2D eigenvalue weighted by atomic mass is 31.2. The van der Waals surface area contributed by atoms with Crippen molar-refractivity contribution in [3.05, 3.63) is 0 Å². The number of aliphatic carboxylic acids is 1. The molecule has 10 nitrogen and oxygen atoms in total. The lowest BCUT2D eigenvalue weighted by atomic mass is 10.0. The molecular formula is C13H26N3O7P. The summed E-state index contributed by atoms with van der Waals surface area (Å²) in [6.45, 7) is 6.00. The summed E-state index contributed by atoms with van der Waals surface area (Å²) < 4.78 is 16.5. The molecule has 3 atom stereocenters. The van der Waals surface area contributed by atoms with Crippen LogP contribution in [0.25, 0.3) is 0 Å². The van der Waals surface area contributed by atoms with E-state index in [0.29, 0.717) is 0 Å². The zero-order valence-electron chi connectivity index (χ0n) is 14.2. The van der Waals surface area contributed by atoms with Gasteiger partial charge in [0.05, 0.1) is 12.6 Å². The zero-order chi connectivity index (χ0) is 18.9. The van der Waals surface area contributed by atoms with E-state index in [4.69, 9.17) is 5.11 Å². The van der Waals surface area contributed by atoms with E-state index in [0.717, 1.165) is 0 Å². The molecule has 24 heavy (non-hydrogen) atoms. The molecule has 5 N–H and O–H groups in total. The maximum Gasteiger partial charge on any atom is 0.403 e. The molecule has 0 aliphatic carbocycles. The molecule has 0 spiro atoms. The Bertz CT molecular complexity index is 498. The van der Waals surface area contributed by atoms with E-state index in [2.05, 4.69) is 20.2 Å². The summed E-state index contributed by atoms with van der Waals surface area (Å²) in [5.74, 6) is -2.51. The fraction of sp³-hybridized carbons (Fsp3) is 0.769. The number of hydrogen-bond acceptors (Lipinski definition) is 5. The second-order valence-corrected chi connectivity index (χ2v) is 7.15. The molecule has 1 unspecified atom stereocenters. The van der Waals surface area contributed by atoms with Gasteiger partial charge >= 0.3 is 13.7 Å². The van der Waals surface area contributed by atoms with Crippen molar-refractivity contribution in [1.29, 1.82) is 0 Å². The molecule has 0 aliphatic heterocycles. The van der Waals surface area contributed by atoms with Gasteiger partial charge in [-0.15, -0.1) is 0 Å². The lowest BCUT2D eigenvalue weighted by Gasteiger charge is -2.24. The van der Waals surface area contributed by atoms with E-state index in [9.17, 15) is 23.8 Å². The van der Waals surface area contributed by atoms with Crippen LogP contribution in [0.15, 0.2) is 0 Å². The maximum absolute atomic E-state index is 12.3. The molecule has 0 radical (unpaired) electrons. The maximum atomic E-state index is 12.3. The average molecular weight is 367 g/mol. The molecule has 0 saturated heterocycles. The van der Waals surface area contributed by atoms with Crippen molar-refractivity contribution in [3.63, 3.8) is 0 Å². The molecule has 0 aromatic carbocycles. The van der Waals surface area contributed by atoms with Crippen LogP contribution in [0, 0.1) is 5.92 Å². The lowest BCUT2D eigenvalue weighted by molar-refractivity contribution is -0.138. The molecule has 0 bridgehead atoms. The molecule has 0 aromatic heterocycles. The van der Waals surface area contributed by atoms with E-state index in [1.54, 1.807) is 0 Å². The minimum Gasteiger partial charge on any atom is -0.480 e. The summed E-state index contributed by atoms with van der Waals surface area (Å²) in [4.78, 5) is 44.0. The minimum atomic E-state index is -4.14. The highest BCUT2D eigenvalue weighted by Crippen LogP contribution is 2.37. The summed E-state index contributed by atoms with van der Waals surface area (Å²) in [6.07, 6.45) is 0.243. The largest absolute Gasteiger partial charge is 0.480 e. The number of amides is 2. The Labute approximate surface area is 140 Å². The third-order valence-corrected chi connectivity index (χ3v) is 4.06. The van der Waals surface area contributed by atoms with Crippen LogP contribution < -0.4 is 15.7 Å². The van der Waals surface area contributed by atoms with Crippen molar-refractivity contribution < 1.29 is 33.5 Å². The van der Waals surface area contributed by atoms with Gasteiger partial charge in [0.15, 0.2) is 0 Å². The molecule has 0 fully saturated rings. The number of hydrogen-bond donors (Lipinski definition) is 5. The highest BCUT2D eigenvalue weighted by Gasteiger charge is 2.30. The van der Waals surface area contributed by atoms with Crippen LogP contribution in [0.2, 0.25) is 0 Å². The smallest absolute Gasteiger partial charge is 0.403 e. The summed E-state index contributed by atoms with van der Waals surface area (Å²) in [6, 6.07) is -2.04. The fourth-order valence-electron chi connectivity index (χ4n) is 1.79. The first-order valence-corrected chi connectivity index (χ1v) is 9.11. The minimum absolute atomic E-state index is 0.00913. The third kappa shape index (κ3) is 9.61. The number of rotatable bonds is 11. The number of carbonyl (C=O) groups excluding carboxylic acids is 2. The zero-order valence-corrected chi connectivity index (χ0v) is 15.1. The average Bonchev–Trinajstić information content (AvgIpc) is 2.42. The van der Waals surface area contributed by atoms with Gasteiger partial charge in [-0.1, -0.05) is 13.8 Å². The van der Waals surface area contributed by atoms with Crippen molar-refractivity contribution >= 4 is 25.5 Å². The Morgan fingerprint density at radius 3 is 2.21 bits per heavy atom. The van der Waals surface area contributed by atoms with Gasteiger partial charge in [0.25, 0.3) is 0 Å². The number of carboxylic acids is 1. The Morgan fingerprint density at radius 2 is 1.75 bits per heavy atom. The van der Waals surface area contributed by atoms with Crippen molar-refractivity contribution in [3.8, 4) is 0 Å². The predicted octanol–water partition coefficient (Wildman–Crippen LogP) is -0.167. The third-order valence-electron chi connectivity index (χ3n) is 2.81. The Hall–Kier alpha value is -1.48. The van der Waals surface area contributed by atoms with Crippen molar-refractivity contribution in [1.82, 2.24) is 15.7 Å². The lowest BCUT2D eigenvalue weighted by Crippen LogP contribution is -2.51. The van der Waals surface area contributed by atoms with Gasteiger partial charge < -0.3 is 20.6 Å². The first kappa shape index (κ1) is 22.5. The number of carboxylic acid groups (broad SMARTS) is 1. The van der Waals surface area contributed by atoms with Gasteiger partial charge in [0.2, 0.25) is 11.8 Å². The first-order chi connectivity index (χ1) is 11.0. The summed E-state index contributed by atoms with van der Waals surface area (Å²) in [5.41, 5.74) is 0. The van der Waals surface area contributed by atoms with E-state index in [1.807, 2.05) is 13.8 Å². The predicted molar refractivity (Wildman–Crippen MR) is 86.1 cm³/mol. The second kappa shape index (κ2) is 10.4. The van der Waals surface area contributed by atoms with Crippen LogP contribution in [0.4, 0.5) is 0 Å². The van der Waals surface area contributed by atoms with Crippen LogP contribution in [0.5, 0.6) is 0 Å². The van der Waals surface area contributed by atoms with Crippen LogP contribution in [-0.2, 0) is 23.5 Å². The number of nitrogens with one attached hydrogen (secondary N) is 3. The summed E-state index contributed by atoms with van der Waals surface area (Å²) >= 11 is 0. The van der Waals surface area contributed by atoms with Gasteiger partial charge in [-0.05, 0) is 26.2 Å². The van der Waals surface area contributed by atoms with Gasteiger partial charge in [0.1, 0.15) is 12.6 Å². The standard InChI is InChI=1S/C13H26N3O7P/c1-5-23-24(21,22)16-10(6-8(2)3)13(20)15-9(4)12(19)14-7-11(17)18/h8-10H,5-7H2,1-4H3,(H,14,19)(H,15,20)(H,17,18)(H2,16,21,22)/t9-,10-/m0/s1. The van der Waals surface area contributed by atoms with E-state index >= 15 is 0 Å². The SMILES string of the molecule is CCOP(=O)(O)N[C@@H](CC(C)C)C(=O)N[C@@H](C)C(=O)NCC(=O)O. The van der Waals surface area contributed by atoms with E-state index in [-0.39, 0.29) is 18.9 Å². The van der Waals surface area contributed by atoms with Crippen LogP contribution in [-0.4, -0.2) is 53.0 Å². The van der Waals surface area contributed by atoms with Crippen molar-refractivity contribution in [2.75, 3.05) is 13.2 Å². The molecule has 0 aromatic rings. The first-order valence-electron chi connectivity index (χ1n) is 7.53. The highest BCUT2D eigenvalue weighted by molar-refractivity contribution is 7.50. The molecule has 0 saturated carbocycles. The second-order valence-electron chi connectivity index (χ2n) is 5.59. The van der Waals surface area contributed by atoms with Crippen molar-refractivity contribution in [2.45, 2.75) is 46.2 Å². The Balaban J connectivity index is 4.83. The molecule has 0 heterocycles. The fourth-order valence-corrected chi connectivity index (χ4v) is 2.84.